The van der Waals surface area contributed by atoms with Crippen molar-refractivity contribution < 1.29 is 0 Å². The van der Waals surface area contributed by atoms with Crippen molar-refractivity contribution in [2.75, 3.05) is 5.73 Å². The number of anilines is 1. The SMILES string of the molecule is CC(C)n1ccc2c(=O)n(C)c(N)nc21. The van der Waals surface area contributed by atoms with E-state index >= 15 is 0 Å². The maximum atomic E-state index is 11.8. The van der Waals surface area contributed by atoms with Crippen LogP contribution in [0.4, 0.5) is 5.95 Å². The van der Waals surface area contributed by atoms with E-state index in [1.54, 1.807) is 13.1 Å². The first-order valence-corrected chi connectivity index (χ1v) is 4.85. The molecule has 2 aromatic rings. The summed E-state index contributed by atoms with van der Waals surface area (Å²) in [5.41, 5.74) is 6.21. The smallest absolute Gasteiger partial charge is 0.264 e. The van der Waals surface area contributed by atoms with Crippen LogP contribution in [-0.2, 0) is 7.05 Å². The van der Waals surface area contributed by atoms with Gasteiger partial charge in [0, 0.05) is 19.3 Å². The number of rotatable bonds is 1. The normalized spacial score (nSPS) is 11.5. The third kappa shape index (κ3) is 1.31. The van der Waals surface area contributed by atoms with Gasteiger partial charge < -0.3 is 10.3 Å². The summed E-state index contributed by atoms with van der Waals surface area (Å²) < 4.78 is 3.29. The second-order valence-electron chi connectivity index (χ2n) is 3.89. The van der Waals surface area contributed by atoms with Crippen molar-refractivity contribution in [1.82, 2.24) is 14.1 Å². The minimum absolute atomic E-state index is 0.100. The predicted octanol–water partition coefficient (Wildman–Crippen LogP) is 0.898. The van der Waals surface area contributed by atoms with Crippen LogP contribution in [0.15, 0.2) is 17.1 Å². The van der Waals surface area contributed by atoms with Crippen LogP contribution in [0, 0.1) is 0 Å². The molecule has 0 saturated carbocycles. The number of nitrogens with two attached hydrogens (primary N) is 1. The quantitative estimate of drug-likeness (QED) is 0.753. The molecule has 2 rings (SSSR count). The average Bonchev–Trinajstić information content (AvgIpc) is 2.58. The van der Waals surface area contributed by atoms with E-state index in [9.17, 15) is 4.79 Å². The van der Waals surface area contributed by atoms with Crippen molar-refractivity contribution in [3.8, 4) is 0 Å². The highest BCUT2D eigenvalue weighted by molar-refractivity contribution is 5.76. The Morgan fingerprint density at radius 3 is 2.73 bits per heavy atom. The standard InChI is InChI=1S/C10H14N4O/c1-6(2)14-5-4-7-8(14)12-10(11)13(3)9(7)15/h4-6H,1-3H3,(H2,11,12). The van der Waals surface area contributed by atoms with Crippen molar-refractivity contribution >= 4 is 17.0 Å². The Balaban J connectivity index is 2.90. The molecule has 0 bridgehead atoms. The van der Waals surface area contributed by atoms with Crippen molar-refractivity contribution in [2.45, 2.75) is 19.9 Å². The average molecular weight is 206 g/mol. The molecule has 2 aromatic heterocycles. The van der Waals surface area contributed by atoms with Crippen LogP contribution in [0.25, 0.3) is 11.0 Å². The second-order valence-corrected chi connectivity index (χ2v) is 3.89. The van der Waals surface area contributed by atoms with Crippen LogP contribution in [0.3, 0.4) is 0 Å². The Kier molecular flexibility index (Phi) is 2.03. The minimum Gasteiger partial charge on any atom is -0.369 e. The summed E-state index contributed by atoms with van der Waals surface area (Å²) in [6.07, 6.45) is 1.86. The van der Waals surface area contributed by atoms with Gasteiger partial charge in [0.05, 0.1) is 5.39 Å². The first-order valence-electron chi connectivity index (χ1n) is 4.85. The third-order valence-electron chi connectivity index (χ3n) is 2.54. The molecule has 0 saturated heterocycles. The molecule has 0 amide bonds. The summed E-state index contributed by atoms with van der Waals surface area (Å²) in [7, 11) is 1.62. The fourth-order valence-corrected chi connectivity index (χ4v) is 1.61. The molecule has 5 nitrogen and oxygen atoms in total. The van der Waals surface area contributed by atoms with Gasteiger partial charge in [0.15, 0.2) is 0 Å². The Labute approximate surface area is 87.1 Å². The zero-order valence-corrected chi connectivity index (χ0v) is 9.06. The highest BCUT2D eigenvalue weighted by Crippen LogP contribution is 2.15. The van der Waals surface area contributed by atoms with Gasteiger partial charge in [0.25, 0.3) is 5.56 Å². The van der Waals surface area contributed by atoms with E-state index in [4.69, 9.17) is 5.73 Å². The topological polar surface area (TPSA) is 65.8 Å². The van der Waals surface area contributed by atoms with Crippen LogP contribution < -0.4 is 11.3 Å². The van der Waals surface area contributed by atoms with Crippen molar-refractivity contribution in [3.63, 3.8) is 0 Å². The number of hydrogen-bond acceptors (Lipinski definition) is 3. The monoisotopic (exact) mass is 206 g/mol. The number of hydrogen-bond donors (Lipinski definition) is 1. The number of fused-ring (bicyclic) bond motifs is 1. The summed E-state index contributed by atoms with van der Waals surface area (Å²) >= 11 is 0. The summed E-state index contributed by atoms with van der Waals surface area (Å²) in [5, 5.41) is 0.611. The van der Waals surface area contributed by atoms with Gasteiger partial charge in [-0.15, -0.1) is 0 Å². The van der Waals surface area contributed by atoms with E-state index in [0.29, 0.717) is 11.0 Å². The zero-order chi connectivity index (χ0) is 11.2. The lowest BCUT2D eigenvalue weighted by Crippen LogP contribution is -2.21. The fraction of sp³-hybridized carbons (Fsp3) is 0.400. The lowest BCUT2D eigenvalue weighted by Gasteiger charge is -2.09. The largest absolute Gasteiger partial charge is 0.369 e. The molecule has 2 N–H and O–H groups in total. The van der Waals surface area contributed by atoms with Gasteiger partial charge in [-0.3, -0.25) is 9.36 Å². The lowest BCUT2D eigenvalue weighted by molar-refractivity contribution is 0.617. The Bertz CT molecular complexity index is 565. The zero-order valence-electron chi connectivity index (χ0n) is 9.06. The van der Waals surface area contributed by atoms with Gasteiger partial charge in [0.1, 0.15) is 5.65 Å². The molecule has 5 heteroatoms. The van der Waals surface area contributed by atoms with Crippen LogP contribution in [0.5, 0.6) is 0 Å². The van der Waals surface area contributed by atoms with Gasteiger partial charge in [0.2, 0.25) is 5.95 Å². The number of aromatic nitrogens is 3. The molecular weight excluding hydrogens is 192 g/mol. The van der Waals surface area contributed by atoms with E-state index in [1.165, 1.54) is 4.57 Å². The minimum atomic E-state index is -0.100. The maximum Gasteiger partial charge on any atom is 0.264 e. The molecule has 0 atom stereocenters. The summed E-state index contributed by atoms with van der Waals surface area (Å²) in [6.45, 7) is 4.07. The molecule has 0 aliphatic carbocycles. The molecule has 0 unspecified atom stereocenters. The molecular formula is C10H14N4O. The molecule has 80 valence electrons. The molecule has 0 aromatic carbocycles. The maximum absolute atomic E-state index is 11.8. The van der Waals surface area contributed by atoms with Crippen molar-refractivity contribution in [2.24, 2.45) is 7.05 Å². The second kappa shape index (κ2) is 3.12. The molecule has 2 heterocycles. The van der Waals surface area contributed by atoms with Crippen molar-refractivity contribution in [1.29, 1.82) is 0 Å². The molecule has 0 radical (unpaired) electrons. The van der Waals surface area contributed by atoms with E-state index in [1.807, 2.05) is 24.6 Å². The van der Waals surface area contributed by atoms with Crippen molar-refractivity contribution in [3.05, 3.63) is 22.6 Å². The number of nitrogens with zero attached hydrogens (tertiary/aromatic N) is 3. The van der Waals surface area contributed by atoms with Crippen LogP contribution in [0.2, 0.25) is 0 Å². The molecule has 0 aliphatic rings. The van der Waals surface area contributed by atoms with Crippen LogP contribution >= 0.6 is 0 Å². The van der Waals surface area contributed by atoms with Gasteiger partial charge in [-0.05, 0) is 19.9 Å². The van der Waals surface area contributed by atoms with Gasteiger partial charge in [-0.25, -0.2) is 0 Å². The van der Waals surface area contributed by atoms with Crippen LogP contribution in [-0.4, -0.2) is 14.1 Å². The van der Waals surface area contributed by atoms with Gasteiger partial charge in [-0.1, -0.05) is 0 Å². The molecule has 0 spiro atoms. The molecule has 15 heavy (non-hydrogen) atoms. The number of nitrogen functional groups attached to an aromatic ring is 1. The lowest BCUT2D eigenvalue weighted by atomic mass is 10.4. The Morgan fingerprint density at radius 1 is 1.47 bits per heavy atom. The summed E-state index contributed by atoms with van der Waals surface area (Å²) in [5.74, 6) is 0.244. The first-order chi connectivity index (χ1) is 7.02. The van der Waals surface area contributed by atoms with E-state index in [2.05, 4.69) is 4.98 Å². The van der Waals surface area contributed by atoms with E-state index in [-0.39, 0.29) is 17.5 Å². The highest BCUT2D eigenvalue weighted by Gasteiger charge is 2.11. The summed E-state index contributed by atoms with van der Waals surface area (Å²) in [4.78, 5) is 16.0. The fourth-order valence-electron chi connectivity index (χ4n) is 1.61. The summed E-state index contributed by atoms with van der Waals surface area (Å²) in [6, 6.07) is 2.05. The molecule has 0 fully saturated rings. The van der Waals surface area contributed by atoms with Gasteiger partial charge in [-0.2, -0.15) is 4.98 Å². The van der Waals surface area contributed by atoms with Gasteiger partial charge >= 0.3 is 0 Å². The molecule has 0 aliphatic heterocycles. The third-order valence-corrected chi connectivity index (χ3v) is 2.54. The Hall–Kier alpha value is -1.78. The van der Waals surface area contributed by atoms with E-state index in [0.717, 1.165) is 0 Å². The highest BCUT2D eigenvalue weighted by atomic mass is 16.1. The Morgan fingerprint density at radius 2 is 2.13 bits per heavy atom. The predicted molar refractivity (Wildman–Crippen MR) is 59.8 cm³/mol. The van der Waals surface area contributed by atoms with E-state index < -0.39 is 0 Å². The van der Waals surface area contributed by atoms with Crippen LogP contribution in [0.1, 0.15) is 19.9 Å². The first kappa shape index (κ1) is 9.76.